The summed E-state index contributed by atoms with van der Waals surface area (Å²) < 4.78 is 6.15. The summed E-state index contributed by atoms with van der Waals surface area (Å²) in [4.78, 5) is 20.0. The Bertz CT molecular complexity index is 616. The maximum atomic E-state index is 10.4. The lowest BCUT2D eigenvalue weighted by atomic mass is 10.4. The third kappa shape index (κ3) is 1.95. The van der Waals surface area contributed by atoms with Gasteiger partial charge in [-0.3, -0.25) is 14.7 Å². The van der Waals surface area contributed by atoms with Gasteiger partial charge >= 0.3 is 5.88 Å². The van der Waals surface area contributed by atoms with Crippen molar-refractivity contribution < 1.29 is 14.4 Å². The second-order valence-electron chi connectivity index (χ2n) is 3.17. The van der Waals surface area contributed by atoms with Crippen molar-refractivity contribution in [1.29, 1.82) is 0 Å². The molecule has 11 heteroatoms. The second kappa shape index (κ2) is 4.12. The molecule has 0 saturated heterocycles. The second-order valence-corrected chi connectivity index (χ2v) is 3.17. The van der Waals surface area contributed by atoms with Gasteiger partial charge in [0.2, 0.25) is 5.82 Å². The quantitative estimate of drug-likeness (QED) is 0.616. The van der Waals surface area contributed by atoms with E-state index in [9.17, 15) is 20.2 Å². The zero-order valence-corrected chi connectivity index (χ0v) is 8.93. The molecule has 0 radical (unpaired) electrons. The molecule has 0 aliphatic carbocycles. The summed E-state index contributed by atoms with van der Waals surface area (Å²) in [6, 6.07) is 2.49. The number of hydrogen-bond acceptors (Lipinski definition) is 7. The van der Waals surface area contributed by atoms with E-state index in [-0.39, 0.29) is 17.5 Å². The highest BCUT2D eigenvalue weighted by Crippen LogP contribution is 2.25. The van der Waals surface area contributed by atoms with Crippen LogP contribution in [0.15, 0.2) is 16.5 Å². The third-order valence-electron chi connectivity index (χ3n) is 2.06. The molecular weight excluding hydrogens is 248 g/mol. The van der Waals surface area contributed by atoms with Gasteiger partial charge in [-0.15, -0.1) is 10.2 Å². The third-order valence-corrected chi connectivity index (χ3v) is 2.06. The number of nitro groups is 2. The van der Waals surface area contributed by atoms with Gasteiger partial charge < -0.3 is 4.42 Å². The number of nitrogens with one attached hydrogen (secondary N) is 1. The minimum absolute atomic E-state index is 0.0908. The monoisotopic (exact) mass is 254 g/mol. The number of furan rings is 1. The van der Waals surface area contributed by atoms with E-state index in [0.29, 0.717) is 0 Å². The van der Waals surface area contributed by atoms with Gasteiger partial charge in [0.25, 0.3) is 5.95 Å². The average molecular weight is 254 g/mol. The van der Waals surface area contributed by atoms with Gasteiger partial charge in [-0.05, 0) is 6.07 Å². The van der Waals surface area contributed by atoms with Crippen molar-refractivity contribution in [2.24, 2.45) is 7.05 Å². The van der Waals surface area contributed by atoms with Gasteiger partial charge in [0, 0.05) is 7.05 Å². The molecule has 2 rings (SSSR count). The summed E-state index contributed by atoms with van der Waals surface area (Å²) in [5.41, 5.74) is 1.83. The van der Waals surface area contributed by atoms with Crippen molar-refractivity contribution >= 4 is 11.8 Å². The maximum absolute atomic E-state index is 10.4. The van der Waals surface area contributed by atoms with Crippen LogP contribution < -0.4 is 5.43 Å². The Labute approximate surface area is 98.3 Å². The van der Waals surface area contributed by atoms with Crippen molar-refractivity contribution in [3.63, 3.8) is 0 Å². The molecule has 0 unspecified atom stereocenters. The van der Waals surface area contributed by atoms with Crippen LogP contribution in [0.25, 0.3) is 11.6 Å². The van der Waals surface area contributed by atoms with Crippen molar-refractivity contribution in [1.82, 2.24) is 14.8 Å². The van der Waals surface area contributed by atoms with Crippen LogP contribution in [0, 0.1) is 20.2 Å². The lowest BCUT2D eigenvalue weighted by Gasteiger charge is -1.98. The maximum Gasteiger partial charge on any atom is 0.433 e. The summed E-state index contributed by atoms with van der Waals surface area (Å²) >= 11 is 0. The van der Waals surface area contributed by atoms with E-state index in [1.165, 1.54) is 17.7 Å². The lowest BCUT2D eigenvalue weighted by Crippen LogP contribution is -2.12. The minimum Gasteiger partial charge on any atom is -0.397 e. The predicted octanol–water partition coefficient (Wildman–Crippen LogP) is 0.587. The van der Waals surface area contributed by atoms with Crippen LogP contribution in [-0.4, -0.2) is 24.7 Å². The first kappa shape index (κ1) is 11.5. The normalized spacial score (nSPS) is 10.3. The van der Waals surface area contributed by atoms with Gasteiger partial charge in [0.1, 0.15) is 4.92 Å². The molecule has 94 valence electrons. The molecule has 11 nitrogen and oxygen atoms in total. The van der Waals surface area contributed by atoms with E-state index >= 15 is 0 Å². The molecule has 0 fully saturated rings. The highest BCUT2D eigenvalue weighted by atomic mass is 16.7. The predicted molar refractivity (Wildman–Crippen MR) is 56.0 cm³/mol. The van der Waals surface area contributed by atoms with E-state index in [1.54, 1.807) is 0 Å². The van der Waals surface area contributed by atoms with Crippen LogP contribution in [0.3, 0.4) is 0 Å². The fraction of sp³-hybridized carbons (Fsp3) is 0.143. The standard InChI is InChI=1S/C7H6N6O5/c1-11-6(8-9-7(11)10-13(16)17)4-2-3-5(18-4)12(14)15/h2-3H,1H3,(H,9,10). The molecule has 0 aliphatic heterocycles. The highest BCUT2D eigenvalue weighted by Gasteiger charge is 2.19. The largest absolute Gasteiger partial charge is 0.433 e. The topological polar surface area (TPSA) is 142 Å². The fourth-order valence-electron chi connectivity index (χ4n) is 1.27. The smallest absolute Gasteiger partial charge is 0.397 e. The van der Waals surface area contributed by atoms with Crippen LogP contribution in [0.4, 0.5) is 11.8 Å². The molecule has 1 N–H and O–H groups in total. The summed E-state index contributed by atoms with van der Waals surface area (Å²) in [5.74, 6) is -0.341. The summed E-state index contributed by atoms with van der Waals surface area (Å²) in [5, 5.41) is 27.1. The molecule has 2 aromatic rings. The first-order valence-corrected chi connectivity index (χ1v) is 4.54. The summed E-state index contributed by atoms with van der Waals surface area (Å²) in [7, 11) is 1.45. The van der Waals surface area contributed by atoms with Crippen LogP contribution in [0.2, 0.25) is 0 Å². The Kier molecular flexibility index (Phi) is 2.63. The number of nitrogens with zero attached hydrogens (tertiary/aromatic N) is 5. The van der Waals surface area contributed by atoms with Gasteiger partial charge in [0.05, 0.1) is 6.07 Å². The van der Waals surface area contributed by atoms with Crippen molar-refractivity contribution in [2.75, 3.05) is 5.43 Å². The Balaban J connectivity index is 2.36. The first-order valence-electron chi connectivity index (χ1n) is 4.54. The fourth-order valence-corrected chi connectivity index (χ4v) is 1.27. The molecule has 0 aromatic carbocycles. The van der Waals surface area contributed by atoms with Crippen LogP contribution in [0.1, 0.15) is 0 Å². The van der Waals surface area contributed by atoms with E-state index in [4.69, 9.17) is 4.42 Å². The average Bonchev–Trinajstić information content (AvgIpc) is 2.86. The molecule has 18 heavy (non-hydrogen) atoms. The lowest BCUT2D eigenvalue weighted by molar-refractivity contribution is -0.446. The Morgan fingerprint density at radius 1 is 1.33 bits per heavy atom. The molecule has 0 aliphatic rings. The van der Waals surface area contributed by atoms with E-state index < -0.39 is 15.8 Å². The molecular formula is C7H6N6O5. The highest BCUT2D eigenvalue weighted by molar-refractivity contribution is 5.51. The number of rotatable bonds is 4. The zero-order chi connectivity index (χ0) is 13.3. The van der Waals surface area contributed by atoms with Crippen molar-refractivity contribution in [3.8, 4) is 11.6 Å². The molecule has 0 saturated carbocycles. The number of anilines is 1. The Hall–Kier alpha value is -2.98. The van der Waals surface area contributed by atoms with Gasteiger partial charge in [0.15, 0.2) is 10.8 Å². The summed E-state index contributed by atoms with van der Waals surface area (Å²) in [6.07, 6.45) is 0. The Morgan fingerprint density at radius 3 is 2.61 bits per heavy atom. The molecule has 0 atom stereocenters. The van der Waals surface area contributed by atoms with Crippen molar-refractivity contribution in [2.45, 2.75) is 0 Å². The van der Waals surface area contributed by atoms with Crippen LogP contribution >= 0.6 is 0 Å². The van der Waals surface area contributed by atoms with Crippen LogP contribution in [0.5, 0.6) is 0 Å². The Morgan fingerprint density at radius 2 is 2.06 bits per heavy atom. The van der Waals surface area contributed by atoms with Gasteiger partial charge in [-0.25, -0.2) is 10.1 Å². The van der Waals surface area contributed by atoms with Crippen molar-refractivity contribution in [3.05, 3.63) is 32.4 Å². The number of hydrazine groups is 1. The zero-order valence-electron chi connectivity index (χ0n) is 8.93. The molecule has 2 aromatic heterocycles. The molecule has 2 heterocycles. The molecule has 0 bridgehead atoms. The number of hydrogen-bond donors (Lipinski definition) is 1. The first-order chi connectivity index (χ1) is 8.49. The van der Waals surface area contributed by atoms with Crippen LogP contribution in [-0.2, 0) is 7.05 Å². The number of aromatic nitrogens is 3. The van der Waals surface area contributed by atoms with Gasteiger partial charge in [-0.2, -0.15) is 0 Å². The minimum atomic E-state index is -0.793. The SMILES string of the molecule is Cn1c(N[N+](=O)[O-])nnc1-c1ccc([N+](=O)[O-])o1. The van der Waals surface area contributed by atoms with E-state index in [1.807, 2.05) is 5.43 Å². The van der Waals surface area contributed by atoms with E-state index in [0.717, 1.165) is 6.07 Å². The molecule has 0 spiro atoms. The van der Waals surface area contributed by atoms with Gasteiger partial charge in [-0.1, -0.05) is 5.43 Å². The summed E-state index contributed by atoms with van der Waals surface area (Å²) in [6.45, 7) is 0. The van der Waals surface area contributed by atoms with E-state index in [2.05, 4.69) is 10.2 Å². The molecule has 0 amide bonds.